The van der Waals surface area contributed by atoms with E-state index >= 15 is 0 Å². The predicted octanol–water partition coefficient (Wildman–Crippen LogP) is 4.95. The molecule has 0 spiro atoms. The van der Waals surface area contributed by atoms with Gasteiger partial charge in [-0.15, -0.1) is 0 Å². The fourth-order valence-electron chi connectivity index (χ4n) is 4.65. The number of phenolic OH excluding ortho intramolecular Hbond substituents is 1. The highest BCUT2D eigenvalue weighted by molar-refractivity contribution is 5.74. The number of aromatic nitrogens is 2. The number of para-hydroxylation sites is 1. The molecule has 8 nitrogen and oxygen atoms in total. The Bertz CT molecular complexity index is 1490. The highest BCUT2D eigenvalue weighted by Gasteiger charge is 2.20. The molecule has 216 valence electrons. The van der Waals surface area contributed by atoms with E-state index in [9.17, 15) is 14.3 Å². The maximum Gasteiger partial charge on any atom is 0.270 e. The second-order valence-electron chi connectivity index (χ2n) is 9.54. The fraction of sp³-hybridized carbons (Fsp3) is 0.312. The van der Waals surface area contributed by atoms with Crippen molar-refractivity contribution in [1.29, 1.82) is 0 Å². The molecule has 9 heteroatoms. The van der Waals surface area contributed by atoms with Crippen LogP contribution in [0.25, 0.3) is 11.1 Å². The molecule has 0 unspecified atom stereocenters. The summed E-state index contributed by atoms with van der Waals surface area (Å²) in [6.45, 7) is 3.53. The van der Waals surface area contributed by atoms with Crippen LogP contribution in [0, 0.1) is 12.7 Å². The first-order valence-corrected chi connectivity index (χ1v) is 13.4. The van der Waals surface area contributed by atoms with Crippen LogP contribution in [0.15, 0.2) is 71.5 Å². The van der Waals surface area contributed by atoms with E-state index in [0.29, 0.717) is 73.2 Å². The second kappa shape index (κ2) is 14.4. The lowest BCUT2D eigenvalue weighted by atomic mass is 9.94. The van der Waals surface area contributed by atoms with Gasteiger partial charge in [-0.1, -0.05) is 30.3 Å². The molecule has 4 rings (SSSR count). The van der Waals surface area contributed by atoms with Crippen molar-refractivity contribution in [3.05, 3.63) is 105 Å². The Balaban J connectivity index is 1.74. The summed E-state index contributed by atoms with van der Waals surface area (Å²) in [5.41, 5.74) is 3.43. The zero-order valence-electron chi connectivity index (χ0n) is 23.6. The molecule has 3 aromatic carbocycles. The molecule has 1 aromatic heterocycles. The third-order valence-corrected chi connectivity index (χ3v) is 6.54. The van der Waals surface area contributed by atoms with Crippen LogP contribution in [0.4, 0.5) is 4.39 Å². The smallest absolute Gasteiger partial charge is 0.270 e. The molecule has 41 heavy (non-hydrogen) atoms. The van der Waals surface area contributed by atoms with Crippen LogP contribution in [0.5, 0.6) is 17.2 Å². The van der Waals surface area contributed by atoms with Crippen molar-refractivity contribution in [2.24, 2.45) is 0 Å². The van der Waals surface area contributed by atoms with Crippen molar-refractivity contribution in [1.82, 2.24) is 9.78 Å². The Hall–Kier alpha value is -4.21. The Morgan fingerprint density at radius 3 is 2.15 bits per heavy atom. The topological polar surface area (TPSA) is 92.0 Å². The van der Waals surface area contributed by atoms with Gasteiger partial charge in [0.15, 0.2) is 0 Å². The van der Waals surface area contributed by atoms with Gasteiger partial charge in [-0.25, -0.2) is 9.07 Å². The molecular formula is C32H35FN2O6. The summed E-state index contributed by atoms with van der Waals surface area (Å²) in [6.07, 6.45) is 0.776. The van der Waals surface area contributed by atoms with Gasteiger partial charge in [-0.3, -0.25) is 4.79 Å². The van der Waals surface area contributed by atoms with Crippen LogP contribution < -0.4 is 15.0 Å². The highest BCUT2D eigenvalue weighted by Crippen LogP contribution is 2.33. The van der Waals surface area contributed by atoms with Gasteiger partial charge in [0.1, 0.15) is 36.3 Å². The Labute approximate surface area is 238 Å². The molecule has 0 aliphatic heterocycles. The molecule has 0 amide bonds. The van der Waals surface area contributed by atoms with E-state index in [4.69, 9.17) is 18.9 Å². The molecule has 0 radical (unpaired) electrons. The first kappa shape index (κ1) is 29.8. The van der Waals surface area contributed by atoms with Gasteiger partial charge in [-0.2, -0.15) is 5.10 Å². The molecule has 4 aromatic rings. The largest absolute Gasteiger partial charge is 0.507 e. The van der Waals surface area contributed by atoms with Crippen LogP contribution in [0.3, 0.4) is 0 Å². The zero-order chi connectivity index (χ0) is 29.2. The first-order valence-electron chi connectivity index (χ1n) is 13.4. The van der Waals surface area contributed by atoms with E-state index in [1.165, 1.54) is 16.8 Å². The molecular weight excluding hydrogens is 527 g/mol. The summed E-state index contributed by atoms with van der Waals surface area (Å²) in [6, 6.07) is 18.7. The first-order chi connectivity index (χ1) is 19.9. The lowest BCUT2D eigenvalue weighted by Gasteiger charge is -2.17. The van der Waals surface area contributed by atoms with Crippen molar-refractivity contribution in [3.8, 4) is 28.4 Å². The summed E-state index contributed by atoms with van der Waals surface area (Å²) in [5, 5.41) is 15.3. The van der Waals surface area contributed by atoms with Crippen molar-refractivity contribution in [3.63, 3.8) is 0 Å². The second-order valence-corrected chi connectivity index (χ2v) is 9.54. The van der Waals surface area contributed by atoms with Gasteiger partial charge in [-0.05, 0) is 61.2 Å². The molecule has 0 aliphatic rings. The third-order valence-electron chi connectivity index (χ3n) is 6.54. The number of aromatic hydroxyl groups is 1. The average Bonchev–Trinajstić information content (AvgIpc) is 2.95. The van der Waals surface area contributed by atoms with Gasteiger partial charge in [0, 0.05) is 37.0 Å². The highest BCUT2D eigenvalue weighted by atomic mass is 19.1. The number of halogens is 1. The SMILES string of the molecule is COCCOc1cc(Cn2nc(C)c(-c3ccccc3O)c(CCc3cccc(F)c3)c2=O)cc(OCCOC)c1. The monoisotopic (exact) mass is 562 g/mol. The molecule has 0 aliphatic carbocycles. The van der Waals surface area contributed by atoms with Crippen molar-refractivity contribution >= 4 is 0 Å². The summed E-state index contributed by atoms with van der Waals surface area (Å²) < 4.78 is 37.1. The maximum atomic E-state index is 14.0. The molecule has 1 heterocycles. The van der Waals surface area contributed by atoms with Gasteiger partial charge < -0.3 is 24.1 Å². The predicted molar refractivity (Wildman–Crippen MR) is 154 cm³/mol. The minimum Gasteiger partial charge on any atom is -0.507 e. The van der Waals surface area contributed by atoms with E-state index in [0.717, 1.165) is 11.1 Å². The molecule has 0 bridgehead atoms. The van der Waals surface area contributed by atoms with Crippen LogP contribution in [0.1, 0.15) is 22.4 Å². The van der Waals surface area contributed by atoms with E-state index in [1.807, 2.05) is 25.1 Å². The normalized spacial score (nSPS) is 11.0. The lowest BCUT2D eigenvalue weighted by Crippen LogP contribution is -2.29. The molecule has 0 saturated carbocycles. The number of rotatable bonds is 14. The minimum absolute atomic E-state index is 0.0558. The number of hydrogen-bond donors (Lipinski definition) is 1. The average molecular weight is 563 g/mol. The van der Waals surface area contributed by atoms with E-state index in [1.54, 1.807) is 50.6 Å². The summed E-state index contributed by atoms with van der Waals surface area (Å²) in [7, 11) is 3.20. The number of aryl methyl sites for hydroxylation is 2. The molecule has 0 atom stereocenters. The number of ether oxygens (including phenoxy) is 4. The summed E-state index contributed by atoms with van der Waals surface area (Å²) in [5.74, 6) is 0.881. The van der Waals surface area contributed by atoms with Crippen LogP contribution >= 0.6 is 0 Å². The van der Waals surface area contributed by atoms with Crippen molar-refractivity contribution < 1.29 is 28.4 Å². The van der Waals surface area contributed by atoms with Gasteiger partial charge in [0.2, 0.25) is 0 Å². The molecule has 0 saturated heterocycles. The van der Waals surface area contributed by atoms with E-state index < -0.39 is 0 Å². The third kappa shape index (κ3) is 7.93. The Morgan fingerprint density at radius 2 is 1.51 bits per heavy atom. The minimum atomic E-state index is -0.331. The fourth-order valence-corrected chi connectivity index (χ4v) is 4.65. The summed E-state index contributed by atoms with van der Waals surface area (Å²) >= 11 is 0. The van der Waals surface area contributed by atoms with Crippen LogP contribution in [0.2, 0.25) is 0 Å². The van der Waals surface area contributed by atoms with Crippen LogP contribution in [-0.2, 0) is 28.9 Å². The van der Waals surface area contributed by atoms with Gasteiger partial charge in [0.05, 0.1) is 25.5 Å². The Morgan fingerprint density at radius 1 is 0.829 bits per heavy atom. The lowest BCUT2D eigenvalue weighted by molar-refractivity contribution is 0.142. The number of nitrogens with zero attached hydrogens (tertiary/aromatic N) is 2. The molecule has 1 N–H and O–H groups in total. The number of phenols is 1. The number of hydrogen-bond acceptors (Lipinski definition) is 7. The van der Waals surface area contributed by atoms with Crippen LogP contribution in [-0.4, -0.2) is 55.5 Å². The standard InChI is InChI=1S/C32H35FN2O6/c1-22-31(28-9-4-5-10-30(28)36)29(12-11-23-7-6-8-25(33)17-23)32(37)35(34-22)21-24-18-26(40-15-13-38-2)20-27(19-24)41-16-14-39-3/h4-10,17-20,36H,11-16,21H2,1-3H3. The quantitative estimate of drug-likeness (QED) is 0.218. The Kier molecular flexibility index (Phi) is 10.5. The molecule has 0 fully saturated rings. The van der Waals surface area contributed by atoms with E-state index in [2.05, 4.69) is 5.10 Å². The maximum absolute atomic E-state index is 14.0. The van der Waals surface area contributed by atoms with Crippen molar-refractivity contribution in [2.45, 2.75) is 26.3 Å². The zero-order valence-corrected chi connectivity index (χ0v) is 23.6. The van der Waals surface area contributed by atoms with Gasteiger partial charge >= 0.3 is 0 Å². The number of benzene rings is 3. The number of methoxy groups -OCH3 is 2. The van der Waals surface area contributed by atoms with E-state index in [-0.39, 0.29) is 23.7 Å². The van der Waals surface area contributed by atoms with Crippen molar-refractivity contribution in [2.75, 3.05) is 40.6 Å². The van der Waals surface area contributed by atoms with Gasteiger partial charge in [0.25, 0.3) is 5.56 Å². The summed E-state index contributed by atoms with van der Waals surface area (Å²) in [4.78, 5) is 14.0.